The zero-order chi connectivity index (χ0) is 17.0. The van der Waals surface area contributed by atoms with Gasteiger partial charge in [0.2, 0.25) is 0 Å². The fourth-order valence-electron chi connectivity index (χ4n) is 5.05. The minimum atomic E-state index is -1.37. The topological polar surface area (TPSA) is 0 Å². The highest BCUT2D eigenvalue weighted by Crippen LogP contribution is 2.59. The van der Waals surface area contributed by atoms with Gasteiger partial charge in [0.05, 0.1) is 8.07 Å². The van der Waals surface area contributed by atoms with Gasteiger partial charge in [-0.25, -0.2) is 0 Å². The van der Waals surface area contributed by atoms with Gasteiger partial charge in [0, 0.05) is 0 Å². The number of hydrogen-bond acceptors (Lipinski definition) is 0. The van der Waals surface area contributed by atoms with Crippen LogP contribution in [0.3, 0.4) is 0 Å². The molecule has 1 saturated carbocycles. The van der Waals surface area contributed by atoms with Crippen molar-refractivity contribution in [2.24, 2.45) is 17.3 Å². The molecule has 2 aliphatic carbocycles. The molecule has 2 aliphatic rings. The van der Waals surface area contributed by atoms with Crippen LogP contribution in [0.5, 0.6) is 0 Å². The summed E-state index contributed by atoms with van der Waals surface area (Å²) < 4.78 is 0. The predicted octanol–water partition coefficient (Wildman–Crippen LogP) is 6.64. The largest absolute Gasteiger partial charge is 0.0949 e. The van der Waals surface area contributed by atoms with Crippen LogP contribution < -0.4 is 0 Å². The van der Waals surface area contributed by atoms with E-state index < -0.39 is 8.07 Å². The molecule has 1 heteroatoms. The molecule has 0 radical (unpaired) electrons. The van der Waals surface area contributed by atoms with Crippen LogP contribution >= 0.6 is 0 Å². The summed E-state index contributed by atoms with van der Waals surface area (Å²) in [6.45, 7) is 19.3. The summed E-state index contributed by atoms with van der Waals surface area (Å²) in [6, 6.07) is 9.14. The van der Waals surface area contributed by atoms with Crippen LogP contribution in [0.25, 0.3) is 5.57 Å². The van der Waals surface area contributed by atoms with Gasteiger partial charge >= 0.3 is 0 Å². The standard InChI is InChI=1S/C22H32Si/c1-15-8-10-18(11-9-15)21-17(3)19-12-16(2)13-22(19,4)14-20(21)23(5,6)7/h8-11,16,19H,3,12-14H2,1-2,4-7H3/t16-,19+,22+/m1/s1. The third kappa shape index (κ3) is 2.89. The van der Waals surface area contributed by atoms with Crippen LogP contribution in [0.1, 0.15) is 44.2 Å². The van der Waals surface area contributed by atoms with Crippen molar-refractivity contribution in [2.75, 3.05) is 0 Å². The molecule has 1 aromatic rings. The second-order valence-electron chi connectivity index (χ2n) is 9.42. The van der Waals surface area contributed by atoms with Gasteiger partial charge in [0.25, 0.3) is 0 Å². The molecule has 0 spiro atoms. The fraction of sp³-hybridized carbons (Fsp3) is 0.545. The maximum absolute atomic E-state index is 4.64. The molecule has 1 aromatic carbocycles. The molecule has 124 valence electrons. The van der Waals surface area contributed by atoms with Crippen LogP contribution in [0.2, 0.25) is 19.6 Å². The van der Waals surface area contributed by atoms with Crippen molar-refractivity contribution in [2.45, 2.75) is 59.7 Å². The number of rotatable bonds is 2. The third-order valence-corrected chi connectivity index (χ3v) is 8.40. The van der Waals surface area contributed by atoms with Crippen LogP contribution in [0.15, 0.2) is 41.6 Å². The zero-order valence-electron chi connectivity index (χ0n) is 15.8. The fourth-order valence-corrected chi connectivity index (χ4v) is 7.04. The second kappa shape index (κ2) is 5.48. The Labute approximate surface area is 143 Å². The van der Waals surface area contributed by atoms with Crippen molar-refractivity contribution in [1.82, 2.24) is 0 Å². The smallest absolute Gasteiger partial charge is 0.0732 e. The molecule has 3 atom stereocenters. The van der Waals surface area contributed by atoms with Crippen molar-refractivity contribution in [3.8, 4) is 0 Å². The molecule has 0 aliphatic heterocycles. The molecule has 0 bridgehead atoms. The van der Waals surface area contributed by atoms with Gasteiger partial charge in [0.15, 0.2) is 0 Å². The molecule has 0 saturated heterocycles. The van der Waals surface area contributed by atoms with Crippen LogP contribution in [-0.2, 0) is 0 Å². The van der Waals surface area contributed by atoms with E-state index in [0.29, 0.717) is 11.3 Å². The molecular weight excluding hydrogens is 292 g/mol. The van der Waals surface area contributed by atoms with Crippen LogP contribution in [-0.4, -0.2) is 8.07 Å². The second-order valence-corrected chi connectivity index (χ2v) is 14.5. The van der Waals surface area contributed by atoms with Crippen molar-refractivity contribution in [1.29, 1.82) is 0 Å². The molecule has 0 N–H and O–H groups in total. The minimum Gasteiger partial charge on any atom is -0.0949 e. The first kappa shape index (κ1) is 16.8. The number of allylic oxidation sites excluding steroid dienone is 3. The highest BCUT2D eigenvalue weighted by Gasteiger charge is 2.49. The van der Waals surface area contributed by atoms with E-state index in [1.165, 1.54) is 41.5 Å². The summed E-state index contributed by atoms with van der Waals surface area (Å²) in [5.41, 5.74) is 6.15. The van der Waals surface area contributed by atoms with Gasteiger partial charge in [-0.1, -0.05) is 75.1 Å². The third-order valence-electron chi connectivity index (χ3n) is 6.16. The summed E-state index contributed by atoms with van der Waals surface area (Å²) in [6.07, 6.45) is 3.98. The molecular formula is C22H32Si. The number of fused-ring (bicyclic) bond motifs is 1. The molecule has 3 rings (SSSR count). The van der Waals surface area contributed by atoms with E-state index >= 15 is 0 Å². The van der Waals surface area contributed by atoms with E-state index in [4.69, 9.17) is 0 Å². The van der Waals surface area contributed by atoms with E-state index in [9.17, 15) is 0 Å². The van der Waals surface area contributed by atoms with Crippen molar-refractivity contribution >= 4 is 13.6 Å². The summed E-state index contributed by atoms with van der Waals surface area (Å²) in [4.78, 5) is 0. The lowest BCUT2D eigenvalue weighted by Crippen LogP contribution is -2.37. The average Bonchev–Trinajstić information content (AvgIpc) is 2.74. The molecule has 1 fully saturated rings. The van der Waals surface area contributed by atoms with E-state index in [-0.39, 0.29) is 0 Å². The molecule has 0 amide bonds. The first-order valence-electron chi connectivity index (χ1n) is 9.12. The quantitative estimate of drug-likeness (QED) is 0.535. The maximum Gasteiger partial charge on any atom is 0.0732 e. The summed E-state index contributed by atoms with van der Waals surface area (Å²) >= 11 is 0. The van der Waals surface area contributed by atoms with E-state index in [1.807, 2.05) is 0 Å². The van der Waals surface area contributed by atoms with E-state index in [2.05, 4.69) is 71.3 Å². The zero-order valence-corrected chi connectivity index (χ0v) is 16.8. The Kier molecular flexibility index (Phi) is 3.99. The Bertz CT molecular complexity index is 656. The number of benzene rings is 1. The summed E-state index contributed by atoms with van der Waals surface area (Å²) in [5, 5.41) is 1.75. The molecule has 0 aromatic heterocycles. The van der Waals surface area contributed by atoms with E-state index in [1.54, 1.807) is 5.20 Å². The van der Waals surface area contributed by atoms with Gasteiger partial charge < -0.3 is 0 Å². The first-order valence-corrected chi connectivity index (χ1v) is 12.6. The highest BCUT2D eigenvalue weighted by atomic mass is 28.3. The normalized spacial score (nSPS) is 31.5. The van der Waals surface area contributed by atoms with Crippen LogP contribution in [0.4, 0.5) is 0 Å². The Morgan fingerprint density at radius 2 is 1.74 bits per heavy atom. The molecule has 23 heavy (non-hydrogen) atoms. The van der Waals surface area contributed by atoms with Crippen molar-refractivity contribution in [3.63, 3.8) is 0 Å². The predicted molar refractivity (Wildman–Crippen MR) is 105 cm³/mol. The van der Waals surface area contributed by atoms with Gasteiger partial charge in [-0.3, -0.25) is 0 Å². The molecule has 0 nitrogen and oxygen atoms in total. The van der Waals surface area contributed by atoms with Gasteiger partial charge in [0.1, 0.15) is 0 Å². The molecule has 0 heterocycles. The van der Waals surface area contributed by atoms with Crippen LogP contribution in [0, 0.1) is 24.2 Å². The number of aryl methyl sites for hydroxylation is 1. The Morgan fingerprint density at radius 3 is 2.30 bits per heavy atom. The van der Waals surface area contributed by atoms with Crippen molar-refractivity contribution < 1.29 is 0 Å². The molecule has 0 unspecified atom stereocenters. The summed E-state index contributed by atoms with van der Waals surface area (Å²) in [7, 11) is -1.37. The lowest BCUT2D eigenvalue weighted by molar-refractivity contribution is 0.256. The summed E-state index contributed by atoms with van der Waals surface area (Å²) in [5.74, 6) is 1.51. The SMILES string of the molecule is C=C1C(c2ccc(C)cc2)=C([Si](C)(C)C)C[C@]2(C)C[C@H](C)C[C@@H]12. The average molecular weight is 325 g/mol. The van der Waals surface area contributed by atoms with Crippen molar-refractivity contribution in [3.05, 3.63) is 52.7 Å². The lowest BCUT2D eigenvalue weighted by Gasteiger charge is -2.44. The Hall–Kier alpha value is -1.08. The Morgan fingerprint density at radius 1 is 1.13 bits per heavy atom. The van der Waals surface area contributed by atoms with Gasteiger partial charge in [-0.2, -0.15) is 0 Å². The lowest BCUT2D eigenvalue weighted by atomic mass is 9.67. The van der Waals surface area contributed by atoms with Gasteiger partial charge in [-0.05, 0) is 60.1 Å². The van der Waals surface area contributed by atoms with E-state index in [0.717, 1.165) is 5.92 Å². The highest BCUT2D eigenvalue weighted by molar-refractivity contribution is 6.84. The Balaban J connectivity index is 2.17. The maximum atomic E-state index is 4.64. The monoisotopic (exact) mass is 324 g/mol. The minimum absolute atomic E-state index is 0.445. The number of hydrogen-bond donors (Lipinski definition) is 0. The van der Waals surface area contributed by atoms with Gasteiger partial charge in [-0.15, -0.1) is 0 Å². The first-order chi connectivity index (χ1) is 10.6.